The molecule has 1 N–H and O–H groups in total. The van der Waals surface area contributed by atoms with Crippen LogP contribution >= 0.6 is 15.9 Å². The summed E-state index contributed by atoms with van der Waals surface area (Å²) < 4.78 is 0.523. The highest BCUT2D eigenvalue weighted by molar-refractivity contribution is 9.10. The number of nitro groups is 1. The average molecular weight is 356 g/mol. The number of anilines is 1. The summed E-state index contributed by atoms with van der Waals surface area (Å²) in [5, 5.41) is 14.3. The average Bonchev–Trinajstić information content (AvgIpc) is 2.40. The van der Waals surface area contributed by atoms with E-state index in [1.807, 2.05) is 0 Å². The lowest BCUT2D eigenvalue weighted by molar-refractivity contribution is -0.385. The number of likely N-dealkylation sites (tertiary alicyclic amines) is 1. The highest BCUT2D eigenvalue weighted by Gasteiger charge is 2.20. The zero-order chi connectivity index (χ0) is 15.4. The summed E-state index contributed by atoms with van der Waals surface area (Å²) in [5.41, 5.74) is 1.04. The van der Waals surface area contributed by atoms with Crippen LogP contribution in [0.1, 0.15) is 26.7 Å². The molecule has 21 heavy (non-hydrogen) atoms. The van der Waals surface area contributed by atoms with E-state index in [2.05, 4.69) is 40.0 Å². The third-order valence-corrected chi connectivity index (χ3v) is 4.36. The first-order chi connectivity index (χ1) is 9.95. The van der Waals surface area contributed by atoms with Crippen molar-refractivity contribution in [1.29, 1.82) is 0 Å². The molecular formula is C15H22BrN3O2. The molecule has 1 aromatic carbocycles. The van der Waals surface area contributed by atoms with Gasteiger partial charge in [-0.3, -0.25) is 10.1 Å². The number of nitrogens with zero attached hydrogens (tertiary/aromatic N) is 2. The number of nitro benzene ring substituents is 1. The Morgan fingerprint density at radius 2 is 2.10 bits per heavy atom. The van der Waals surface area contributed by atoms with Crippen molar-refractivity contribution in [2.24, 2.45) is 5.92 Å². The molecule has 1 aliphatic rings. The first-order valence-corrected chi connectivity index (χ1v) is 8.18. The monoisotopic (exact) mass is 355 g/mol. The number of nitrogens with one attached hydrogen (secondary N) is 1. The molecule has 1 heterocycles. The highest BCUT2D eigenvalue weighted by atomic mass is 79.9. The van der Waals surface area contributed by atoms with Crippen LogP contribution in [-0.4, -0.2) is 35.5 Å². The van der Waals surface area contributed by atoms with E-state index in [1.54, 1.807) is 18.2 Å². The van der Waals surface area contributed by atoms with Gasteiger partial charge in [0.1, 0.15) is 0 Å². The quantitative estimate of drug-likeness (QED) is 0.642. The van der Waals surface area contributed by atoms with Crippen LogP contribution in [0.4, 0.5) is 11.4 Å². The maximum atomic E-state index is 10.8. The van der Waals surface area contributed by atoms with Crippen LogP contribution in [0.15, 0.2) is 22.7 Å². The Hall–Kier alpha value is -1.14. The minimum Gasteiger partial charge on any atom is -0.382 e. The molecular weight excluding hydrogens is 334 g/mol. The van der Waals surface area contributed by atoms with Gasteiger partial charge in [0.25, 0.3) is 5.69 Å². The summed E-state index contributed by atoms with van der Waals surface area (Å²) in [5.74, 6) is 0.708. The SMILES string of the molecule is CC(C)CN1CCC(Nc2ccc([N+](=O)[O-])c(Br)c2)CC1. The van der Waals surface area contributed by atoms with Crippen LogP contribution in [-0.2, 0) is 0 Å². The second-order valence-electron chi connectivity index (χ2n) is 6.04. The zero-order valence-electron chi connectivity index (χ0n) is 12.5. The van der Waals surface area contributed by atoms with Crippen LogP contribution in [0.25, 0.3) is 0 Å². The number of hydrogen-bond acceptors (Lipinski definition) is 4. The molecule has 0 atom stereocenters. The van der Waals surface area contributed by atoms with E-state index in [4.69, 9.17) is 0 Å². The van der Waals surface area contributed by atoms with Crippen molar-refractivity contribution in [2.75, 3.05) is 25.0 Å². The van der Waals surface area contributed by atoms with Gasteiger partial charge in [-0.1, -0.05) is 13.8 Å². The van der Waals surface area contributed by atoms with Gasteiger partial charge in [0.05, 0.1) is 9.40 Å². The number of rotatable bonds is 5. The van der Waals surface area contributed by atoms with Gasteiger partial charge >= 0.3 is 0 Å². The molecule has 1 aromatic rings. The zero-order valence-corrected chi connectivity index (χ0v) is 14.1. The van der Waals surface area contributed by atoms with Crippen molar-refractivity contribution in [3.05, 3.63) is 32.8 Å². The molecule has 0 bridgehead atoms. The number of benzene rings is 1. The lowest BCUT2D eigenvalue weighted by atomic mass is 10.0. The van der Waals surface area contributed by atoms with Crippen LogP contribution < -0.4 is 5.32 Å². The van der Waals surface area contributed by atoms with E-state index in [9.17, 15) is 10.1 Å². The molecule has 116 valence electrons. The Bertz CT molecular complexity index is 500. The van der Waals surface area contributed by atoms with E-state index < -0.39 is 0 Å². The molecule has 1 saturated heterocycles. The lowest BCUT2D eigenvalue weighted by Crippen LogP contribution is -2.40. The van der Waals surface area contributed by atoms with Crippen molar-refractivity contribution < 1.29 is 4.92 Å². The summed E-state index contributed by atoms with van der Waals surface area (Å²) in [6.45, 7) is 7.89. The Morgan fingerprint density at radius 1 is 1.43 bits per heavy atom. The van der Waals surface area contributed by atoms with Gasteiger partial charge in [-0.15, -0.1) is 0 Å². The van der Waals surface area contributed by atoms with E-state index in [1.165, 1.54) is 0 Å². The smallest absolute Gasteiger partial charge is 0.283 e. The summed E-state index contributed by atoms with van der Waals surface area (Å²) >= 11 is 3.26. The van der Waals surface area contributed by atoms with E-state index >= 15 is 0 Å². The van der Waals surface area contributed by atoms with Gasteiger partial charge in [0.15, 0.2) is 0 Å². The molecule has 0 spiro atoms. The van der Waals surface area contributed by atoms with E-state index in [0.717, 1.165) is 38.2 Å². The lowest BCUT2D eigenvalue weighted by Gasteiger charge is -2.33. The summed E-state index contributed by atoms with van der Waals surface area (Å²) in [7, 11) is 0. The fourth-order valence-electron chi connectivity index (χ4n) is 2.76. The predicted molar refractivity (Wildman–Crippen MR) is 88.7 cm³/mol. The Balaban J connectivity index is 1.89. The molecule has 1 fully saturated rings. The van der Waals surface area contributed by atoms with Crippen LogP contribution in [0.2, 0.25) is 0 Å². The number of halogens is 1. The van der Waals surface area contributed by atoms with Gasteiger partial charge in [0, 0.05) is 37.4 Å². The normalized spacial score (nSPS) is 17.1. The Labute approximate surface area is 134 Å². The van der Waals surface area contributed by atoms with E-state index in [-0.39, 0.29) is 10.6 Å². The highest BCUT2D eigenvalue weighted by Crippen LogP contribution is 2.28. The molecule has 5 nitrogen and oxygen atoms in total. The van der Waals surface area contributed by atoms with Gasteiger partial charge in [-0.2, -0.15) is 0 Å². The third-order valence-electron chi connectivity index (χ3n) is 3.73. The fourth-order valence-corrected chi connectivity index (χ4v) is 3.28. The largest absolute Gasteiger partial charge is 0.382 e. The maximum absolute atomic E-state index is 10.8. The molecule has 0 radical (unpaired) electrons. The first kappa shape index (κ1) is 16.2. The summed E-state index contributed by atoms with van der Waals surface area (Å²) in [4.78, 5) is 12.9. The molecule has 6 heteroatoms. The van der Waals surface area contributed by atoms with Crippen LogP contribution in [0, 0.1) is 16.0 Å². The standard InChI is InChI=1S/C15H22BrN3O2/c1-11(2)10-18-7-5-12(6-8-18)17-13-3-4-15(19(20)21)14(16)9-13/h3-4,9,11-12,17H,5-8,10H2,1-2H3. The predicted octanol–water partition coefficient (Wildman–Crippen LogP) is 3.89. The fraction of sp³-hybridized carbons (Fsp3) is 0.600. The maximum Gasteiger partial charge on any atom is 0.283 e. The summed E-state index contributed by atoms with van der Waals surface area (Å²) in [6, 6.07) is 5.56. The topological polar surface area (TPSA) is 58.4 Å². The van der Waals surface area contributed by atoms with Gasteiger partial charge in [-0.25, -0.2) is 0 Å². The minimum atomic E-state index is -0.377. The molecule has 0 aromatic heterocycles. The van der Waals surface area contributed by atoms with Crippen molar-refractivity contribution in [2.45, 2.75) is 32.7 Å². The first-order valence-electron chi connectivity index (χ1n) is 7.38. The molecule has 2 rings (SSSR count). The van der Waals surface area contributed by atoms with Crippen LogP contribution in [0.3, 0.4) is 0 Å². The molecule has 0 aliphatic carbocycles. The second kappa shape index (κ2) is 7.22. The Morgan fingerprint density at radius 3 is 2.62 bits per heavy atom. The van der Waals surface area contributed by atoms with Crippen molar-refractivity contribution in [3.63, 3.8) is 0 Å². The number of hydrogen-bond donors (Lipinski definition) is 1. The van der Waals surface area contributed by atoms with Crippen molar-refractivity contribution in [1.82, 2.24) is 4.90 Å². The molecule has 0 amide bonds. The van der Waals surface area contributed by atoms with E-state index in [0.29, 0.717) is 16.4 Å². The third kappa shape index (κ3) is 4.68. The second-order valence-corrected chi connectivity index (χ2v) is 6.89. The Kier molecular flexibility index (Phi) is 5.58. The minimum absolute atomic E-state index is 0.104. The van der Waals surface area contributed by atoms with Gasteiger partial charge in [0.2, 0.25) is 0 Å². The summed E-state index contributed by atoms with van der Waals surface area (Å²) in [6.07, 6.45) is 2.22. The van der Waals surface area contributed by atoms with Crippen LogP contribution in [0.5, 0.6) is 0 Å². The van der Waals surface area contributed by atoms with Crippen molar-refractivity contribution >= 4 is 27.3 Å². The molecule has 0 unspecified atom stereocenters. The molecule has 1 aliphatic heterocycles. The van der Waals surface area contributed by atoms with Gasteiger partial charge < -0.3 is 10.2 Å². The molecule has 0 saturated carbocycles. The van der Waals surface area contributed by atoms with Crippen molar-refractivity contribution in [3.8, 4) is 0 Å². The van der Waals surface area contributed by atoms with Gasteiger partial charge in [-0.05, 0) is 46.8 Å². The number of piperidine rings is 1.